The number of methoxy groups -OCH3 is 1. The molecular weight excluding hydrogens is 148 g/mol. The highest BCUT2D eigenvalue weighted by Crippen LogP contribution is 2.19. The van der Waals surface area contributed by atoms with E-state index in [2.05, 4.69) is 4.74 Å². The van der Waals surface area contributed by atoms with Gasteiger partial charge in [0.05, 0.1) is 7.11 Å². The van der Waals surface area contributed by atoms with Crippen molar-refractivity contribution in [3.05, 3.63) is 17.4 Å². The first-order valence-corrected chi connectivity index (χ1v) is 3.03. The Hall–Kier alpha value is -1.45. The van der Waals surface area contributed by atoms with Crippen molar-refractivity contribution in [3.8, 4) is 5.95 Å². The van der Waals surface area contributed by atoms with Crippen LogP contribution in [0.15, 0.2) is 10.5 Å². The van der Waals surface area contributed by atoms with Crippen molar-refractivity contribution in [1.82, 2.24) is 0 Å². The molecule has 0 aliphatic carbocycles. The van der Waals surface area contributed by atoms with Crippen LogP contribution in [0, 0.1) is 6.92 Å². The third kappa shape index (κ3) is 1.34. The van der Waals surface area contributed by atoms with E-state index in [0.717, 1.165) is 0 Å². The Balaban J connectivity index is 3.03. The van der Waals surface area contributed by atoms with E-state index in [0.29, 0.717) is 5.76 Å². The molecule has 60 valence electrons. The van der Waals surface area contributed by atoms with E-state index in [4.69, 9.17) is 9.52 Å². The van der Waals surface area contributed by atoms with Crippen LogP contribution in [0.4, 0.5) is 0 Å². The molecule has 1 aromatic heterocycles. The second kappa shape index (κ2) is 2.65. The number of aryl methyl sites for hydroxylation is 1. The van der Waals surface area contributed by atoms with Gasteiger partial charge in [-0.2, -0.15) is 0 Å². The molecule has 0 amide bonds. The first kappa shape index (κ1) is 7.65. The number of furan rings is 1. The van der Waals surface area contributed by atoms with Crippen molar-refractivity contribution in [1.29, 1.82) is 0 Å². The molecule has 0 aliphatic rings. The lowest BCUT2D eigenvalue weighted by Gasteiger charge is -1.93. The van der Waals surface area contributed by atoms with Gasteiger partial charge in [-0.05, 0) is 6.92 Å². The highest BCUT2D eigenvalue weighted by Gasteiger charge is 2.14. The lowest BCUT2D eigenvalue weighted by atomic mass is 10.3. The SMILES string of the molecule is COC(=O)c1cc(O)oc1C. The van der Waals surface area contributed by atoms with Gasteiger partial charge in [0.25, 0.3) is 5.95 Å². The van der Waals surface area contributed by atoms with Crippen LogP contribution in [-0.4, -0.2) is 18.2 Å². The molecule has 0 spiro atoms. The zero-order chi connectivity index (χ0) is 8.43. The number of carbonyl (C=O) groups excluding carboxylic acids is 1. The predicted octanol–water partition coefficient (Wildman–Crippen LogP) is 1.08. The van der Waals surface area contributed by atoms with Crippen molar-refractivity contribution < 1.29 is 19.1 Å². The number of hydrogen-bond acceptors (Lipinski definition) is 4. The van der Waals surface area contributed by atoms with Crippen molar-refractivity contribution in [2.24, 2.45) is 0 Å². The molecular formula is C7H8O4. The summed E-state index contributed by atoms with van der Waals surface area (Å²) in [6.45, 7) is 1.58. The minimum atomic E-state index is -0.508. The summed E-state index contributed by atoms with van der Waals surface area (Å²) in [7, 11) is 1.27. The zero-order valence-electron chi connectivity index (χ0n) is 6.25. The molecule has 0 saturated heterocycles. The summed E-state index contributed by atoms with van der Waals surface area (Å²) in [5, 5.41) is 8.80. The maximum atomic E-state index is 10.9. The fourth-order valence-corrected chi connectivity index (χ4v) is 0.779. The number of aromatic hydroxyl groups is 1. The fourth-order valence-electron chi connectivity index (χ4n) is 0.779. The highest BCUT2D eigenvalue weighted by atomic mass is 16.5. The fraction of sp³-hybridized carbons (Fsp3) is 0.286. The summed E-state index contributed by atoms with van der Waals surface area (Å²) in [5.74, 6) is -0.427. The lowest BCUT2D eigenvalue weighted by Crippen LogP contribution is -2.00. The van der Waals surface area contributed by atoms with Crippen LogP contribution < -0.4 is 0 Å². The molecule has 0 radical (unpaired) electrons. The third-order valence-electron chi connectivity index (χ3n) is 1.31. The molecule has 0 aromatic carbocycles. The maximum absolute atomic E-state index is 10.9. The Morgan fingerprint density at radius 1 is 1.73 bits per heavy atom. The van der Waals surface area contributed by atoms with Crippen LogP contribution in [0.2, 0.25) is 0 Å². The van der Waals surface area contributed by atoms with E-state index in [1.165, 1.54) is 13.2 Å². The summed E-state index contributed by atoms with van der Waals surface area (Å²) in [4.78, 5) is 10.9. The number of esters is 1. The first-order chi connectivity index (χ1) is 5.15. The summed E-state index contributed by atoms with van der Waals surface area (Å²) >= 11 is 0. The van der Waals surface area contributed by atoms with E-state index in [1.807, 2.05) is 0 Å². The molecule has 0 bridgehead atoms. The van der Waals surface area contributed by atoms with Crippen LogP contribution in [0.5, 0.6) is 5.95 Å². The summed E-state index contributed by atoms with van der Waals surface area (Å²) < 4.78 is 9.11. The molecule has 1 rings (SSSR count). The molecule has 1 heterocycles. The largest absolute Gasteiger partial charge is 0.481 e. The van der Waals surface area contributed by atoms with Gasteiger partial charge in [0.2, 0.25) is 0 Å². The van der Waals surface area contributed by atoms with Crippen molar-refractivity contribution in [2.45, 2.75) is 6.92 Å². The van der Waals surface area contributed by atoms with Gasteiger partial charge in [-0.1, -0.05) is 0 Å². The Bertz CT molecular complexity index is 274. The Labute approximate surface area is 63.4 Å². The zero-order valence-corrected chi connectivity index (χ0v) is 6.25. The molecule has 0 saturated carbocycles. The second-order valence-electron chi connectivity index (χ2n) is 2.05. The van der Waals surface area contributed by atoms with Gasteiger partial charge in [0.1, 0.15) is 11.3 Å². The van der Waals surface area contributed by atoms with Crippen LogP contribution in [0.25, 0.3) is 0 Å². The molecule has 0 aliphatic heterocycles. The number of ether oxygens (including phenoxy) is 1. The molecule has 0 atom stereocenters. The standard InChI is InChI=1S/C7H8O4/c1-4-5(7(9)10-2)3-6(8)11-4/h3,8H,1-2H3. The second-order valence-corrected chi connectivity index (χ2v) is 2.05. The first-order valence-electron chi connectivity index (χ1n) is 3.03. The van der Waals surface area contributed by atoms with Gasteiger partial charge in [0.15, 0.2) is 0 Å². The third-order valence-corrected chi connectivity index (χ3v) is 1.31. The average Bonchev–Trinajstić information content (AvgIpc) is 2.28. The minimum absolute atomic E-state index is 0.255. The van der Waals surface area contributed by atoms with Gasteiger partial charge in [0, 0.05) is 6.07 Å². The van der Waals surface area contributed by atoms with Gasteiger partial charge < -0.3 is 14.3 Å². The van der Waals surface area contributed by atoms with Crippen LogP contribution in [0.3, 0.4) is 0 Å². The van der Waals surface area contributed by atoms with E-state index >= 15 is 0 Å². The van der Waals surface area contributed by atoms with E-state index in [-0.39, 0.29) is 11.5 Å². The molecule has 0 fully saturated rings. The maximum Gasteiger partial charge on any atom is 0.341 e. The summed E-state index contributed by atoms with van der Waals surface area (Å²) in [5.41, 5.74) is 0.255. The van der Waals surface area contributed by atoms with Crippen molar-refractivity contribution in [3.63, 3.8) is 0 Å². The minimum Gasteiger partial charge on any atom is -0.481 e. The smallest absolute Gasteiger partial charge is 0.341 e. The van der Waals surface area contributed by atoms with Crippen LogP contribution in [-0.2, 0) is 4.74 Å². The quantitative estimate of drug-likeness (QED) is 0.618. The van der Waals surface area contributed by atoms with Crippen molar-refractivity contribution in [2.75, 3.05) is 7.11 Å². The molecule has 4 heteroatoms. The number of carbonyl (C=O) groups is 1. The molecule has 1 aromatic rings. The number of rotatable bonds is 1. The van der Waals surface area contributed by atoms with Gasteiger partial charge in [-0.3, -0.25) is 0 Å². The highest BCUT2D eigenvalue weighted by molar-refractivity contribution is 5.90. The van der Waals surface area contributed by atoms with E-state index in [9.17, 15) is 4.79 Å². The van der Waals surface area contributed by atoms with Gasteiger partial charge in [-0.25, -0.2) is 4.79 Å². The Kier molecular flexibility index (Phi) is 1.85. The Morgan fingerprint density at radius 3 is 2.73 bits per heavy atom. The normalized spacial score (nSPS) is 9.64. The van der Waals surface area contributed by atoms with Crippen molar-refractivity contribution >= 4 is 5.97 Å². The van der Waals surface area contributed by atoms with Crippen LogP contribution in [0.1, 0.15) is 16.1 Å². The Morgan fingerprint density at radius 2 is 2.36 bits per heavy atom. The molecule has 4 nitrogen and oxygen atoms in total. The average molecular weight is 156 g/mol. The van der Waals surface area contributed by atoms with E-state index in [1.54, 1.807) is 6.92 Å². The van der Waals surface area contributed by atoms with Crippen LogP contribution >= 0.6 is 0 Å². The van der Waals surface area contributed by atoms with Gasteiger partial charge >= 0.3 is 5.97 Å². The predicted molar refractivity (Wildman–Crippen MR) is 36.4 cm³/mol. The lowest BCUT2D eigenvalue weighted by molar-refractivity contribution is 0.0599. The van der Waals surface area contributed by atoms with E-state index < -0.39 is 5.97 Å². The molecule has 0 unspecified atom stereocenters. The molecule has 1 N–H and O–H groups in total. The summed E-state index contributed by atoms with van der Waals surface area (Å²) in [6.07, 6.45) is 0. The summed E-state index contributed by atoms with van der Waals surface area (Å²) in [6, 6.07) is 1.22. The van der Waals surface area contributed by atoms with Gasteiger partial charge in [-0.15, -0.1) is 0 Å². The molecule has 11 heavy (non-hydrogen) atoms. The topological polar surface area (TPSA) is 59.7 Å². The number of hydrogen-bond donors (Lipinski definition) is 1. The monoisotopic (exact) mass is 156 g/mol.